The molecule has 24 heavy (non-hydrogen) atoms. The fourth-order valence-electron chi connectivity index (χ4n) is 2.49. The van der Waals surface area contributed by atoms with E-state index >= 15 is 0 Å². The van der Waals surface area contributed by atoms with Crippen molar-refractivity contribution in [3.8, 4) is 11.5 Å². The number of benzene rings is 1. The number of nitrogens with zero attached hydrogens (tertiary/aromatic N) is 2. The Hall–Kier alpha value is -2.24. The van der Waals surface area contributed by atoms with Crippen molar-refractivity contribution < 1.29 is 19.1 Å². The van der Waals surface area contributed by atoms with Gasteiger partial charge in [-0.25, -0.2) is 0 Å². The Bertz CT molecular complexity index is 556. The average molecular weight is 336 g/mol. The first-order chi connectivity index (χ1) is 11.5. The lowest BCUT2D eigenvalue weighted by molar-refractivity contribution is -0.139. The highest BCUT2D eigenvalue weighted by Crippen LogP contribution is 2.27. The molecule has 0 radical (unpaired) electrons. The van der Waals surface area contributed by atoms with Crippen molar-refractivity contribution in [2.24, 2.45) is 0 Å². The van der Waals surface area contributed by atoms with Gasteiger partial charge in [0, 0.05) is 26.6 Å². The lowest BCUT2D eigenvalue weighted by Gasteiger charge is -2.25. The zero-order chi connectivity index (χ0) is 18.1. The second-order valence-corrected chi connectivity index (χ2v) is 5.45. The van der Waals surface area contributed by atoms with E-state index in [1.165, 1.54) is 6.92 Å². The number of methoxy groups -OCH3 is 2. The number of carbonyl (C=O) groups excluding carboxylic acids is 2. The highest BCUT2D eigenvalue weighted by atomic mass is 16.5. The zero-order valence-corrected chi connectivity index (χ0v) is 15.3. The number of amides is 2. The molecule has 0 spiro atoms. The normalized spacial score (nSPS) is 10.2. The lowest BCUT2D eigenvalue weighted by Crippen LogP contribution is -2.42. The highest BCUT2D eigenvalue weighted by Gasteiger charge is 2.17. The van der Waals surface area contributed by atoms with Crippen LogP contribution in [0.3, 0.4) is 0 Å². The summed E-state index contributed by atoms with van der Waals surface area (Å²) in [5, 5.41) is 0. The van der Waals surface area contributed by atoms with Crippen LogP contribution < -0.4 is 9.47 Å². The average Bonchev–Trinajstić information content (AvgIpc) is 2.58. The first-order valence-electron chi connectivity index (χ1n) is 8.20. The minimum absolute atomic E-state index is 0.0255. The van der Waals surface area contributed by atoms with Crippen LogP contribution in [-0.4, -0.2) is 62.0 Å². The second kappa shape index (κ2) is 9.80. The SMILES string of the molecule is CCN(CC)C(=O)CN(CCc1ccc(OC)c(OC)c1)C(C)=O. The topological polar surface area (TPSA) is 59.1 Å². The van der Waals surface area contributed by atoms with E-state index in [4.69, 9.17) is 9.47 Å². The fraction of sp³-hybridized carbons (Fsp3) is 0.556. The Morgan fingerprint density at radius 3 is 2.12 bits per heavy atom. The van der Waals surface area contributed by atoms with Gasteiger partial charge in [-0.3, -0.25) is 9.59 Å². The second-order valence-electron chi connectivity index (χ2n) is 5.45. The molecule has 1 aromatic rings. The third kappa shape index (κ3) is 5.44. The van der Waals surface area contributed by atoms with E-state index < -0.39 is 0 Å². The van der Waals surface area contributed by atoms with Gasteiger partial charge in [-0.2, -0.15) is 0 Å². The number of ether oxygens (including phenoxy) is 2. The molecule has 134 valence electrons. The van der Waals surface area contributed by atoms with Crippen LogP contribution in [0, 0.1) is 0 Å². The van der Waals surface area contributed by atoms with Crippen molar-refractivity contribution in [3.63, 3.8) is 0 Å². The molecule has 0 unspecified atom stereocenters. The van der Waals surface area contributed by atoms with E-state index in [1.54, 1.807) is 24.0 Å². The Kier molecular flexibility index (Phi) is 8.09. The molecule has 2 amide bonds. The Labute approximate surface area is 144 Å². The summed E-state index contributed by atoms with van der Waals surface area (Å²) >= 11 is 0. The van der Waals surface area contributed by atoms with Crippen LogP contribution in [0.4, 0.5) is 0 Å². The molecule has 0 heterocycles. The van der Waals surface area contributed by atoms with E-state index in [0.717, 1.165) is 5.56 Å². The van der Waals surface area contributed by atoms with Crippen molar-refractivity contribution >= 4 is 11.8 Å². The van der Waals surface area contributed by atoms with Crippen molar-refractivity contribution in [1.82, 2.24) is 9.80 Å². The number of hydrogen-bond donors (Lipinski definition) is 0. The highest BCUT2D eigenvalue weighted by molar-refractivity contribution is 5.83. The van der Waals surface area contributed by atoms with Crippen molar-refractivity contribution in [3.05, 3.63) is 23.8 Å². The van der Waals surface area contributed by atoms with Crippen molar-refractivity contribution in [2.75, 3.05) is 40.4 Å². The molecule has 6 heteroatoms. The summed E-state index contributed by atoms with van der Waals surface area (Å²) in [5.41, 5.74) is 1.02. The largest absolute Gasteiger partial charge is 0.493 e. The number of hydrogen-bond acceptors (Lipinski definition) is 4. The molecule has 1 rings (SSSR count). The minimum atomic E-state index is -0.101. The molecule has 0 fully saturated rings. The van der Waals surface area contributed by atoms with Gasteiger partial charge in [0.15, 0.2) is 11.5 Å². The molecule has 1 aromatic carbocycles. The standard InChI is InChI=1S/C18H28N2O4/c1-6-19(7-2)18(22)13-20(14(3)21)11-10-15-8-9-16(23-4)17(12-15)24-5/h8-9,12H,6-7,10-11,13H2,1-5H3. The third-order valence-electron chi connectivity index (χ3n) is 4.01. The third-order valence-corrected chi connectivity index (χ3v) is 4.01. The van der Waals surface area contributed by atoms with Crippen LogP contribution in [0.1, 0.15) is 26.3 Å². The maximum absolute atomic E-state index is 12.2. The predicted molar refractivity (Wildman–Crippen MR) is 93.4 cm³/mol. The monoisotopic (exact) mass is 336 g/mol. The Morgan fingerprint density at radius 2 is 1.62 bits per heavy atom. The van der Waals surface area contributed by atoms with Crippen LogP contribution in [-0.2, 0) is 16.0 Å². The molecule has 0 atom stereocenters. The summed E-state index contributed by atoms with van der Waals surface area (Å²) in [4.78, 5) is 27.4. The van der Waals surface area contributed by atoms with Crippen molar-refractivity contribution in [1.29, 1.82) is 0 Å². The molecule has 0 bridgehead atoms. The number of rotatable bonds is 9. The lowest BCUT2D eigenvalue weighted by atomic mass is 10.1. The zero-order valence-electron chi connectivity index (χ0n) is 15.3. The van der Waals surface area contributed by atoms with Crippen molar-refractivity contribution in [2.45, 2.75) is 27.2 Å². The molecule has 6 nitrogen and oxygen atoms in total. The van der Waals surface area contributed by atoms with Crippen LogP contribution in [0.15, 0.2) is 18.2 Å². The molecule has 0 N–H and O–H groups in total. The van der Waals surface area contributed by atoms with Gasteiger partial charge in [0.1, 0.15) is 0 Å². The van der Waals surface area contributed by atoms with E-state index in [1.807, 2.05) is 32.0 Å². The van der Waals surface area contributed by atoms with Gasteiger partial charge < -0.3 is 19.3 Å². The summed E-state index contributed by atoms with van der Waals surface area (Å²) in [6.45, 7) is 7.26. The van der Waals surface area contributed by atoms with Gasteiger partial charge in [-0.15, -0.1) is 0 Å². The van der Waals surface area contributed by atoms with E-state index in [9.17, 15) is 9.59 Å². The van der Waals surface area contributed by atoms with Gasteiger partial charge in [0.05, 0.1) is 20.8 Å². The van der Waals surface area contributed by atoms with Crippen LogP contribution >= 0.6 is 0 Å². The summed E-state index contributed by atoms with van der Waals surface area (Å²) in [6.07, 6.45) is 0.644. The molecular weight excluding hydrogens is 308 g/mol. The van der Waals surface area contributed by atoms with Gasteiger partial charge in [-0.1, -0.05) is 6.07 Å². The number of likely N-dealkylation sites (N-methyl/N-ethyl adjacent to an activating group) is 1. The molecule has 0 aromatic heterocycles. The van der Waals surface area contributed by atoms with Crippen LogP contribution in [0.25, 0.3) is 0 Å². The quantitative estimate of drug-likeness (QED) is 0.692. The summed E-state index contributed by atoms with van der Waals surface area (Å²) in [5.74, 6) is 1.20. The van der Waals surface area contributed by atoms with Gasteiger partial charge >= 0.3 is 0 Å². The maximum atomic E-state index is 12.2. The van der Waals surface area contributed by atoms with Crippen LogP contribution in [0.5, 0.6) is 11.5 Å². The molecule has 0 aliphatic rings. The van der Waals surface area contributed by atoms with E-state index in [0.29, 0.717) is 37.6 Å². The minimum Gasteiger partial charge on any atom is -0.493 e. The number of carbonyl (C=O) groups is 2. The summed E-state index contributed by atoms with van der Waals surface area (Å²) in [6, 6.07) is 5.67. The molecule has 0 aliphatic heterocycles. The van der Waals surface area contributed by atoms with Gasteiger partial charge in [-0.05, 0) is 38.0 Å². The molecular formula is C18H28N2O4. The van der Waals surface area contributed by atoms with Gasteiger partial charge in [0.25, 0.3) is 0 Å². The Morgan fingerprint density at radius 1 is 1.00 bits per heavy atom. The van der Waals surface area contributed by atoms with E-state index in [2.05, 4.69) is 0 Å². The molecule has 0 saturated heterocycles. The predicted octanol–water partition coefficient (Wildman–Crippen LogP) is 1.96. The summed E-state index contributed by atoms with van der Waals surface area (Å²) < 4.78 is 10.5. The van der Waals surface area contributed by atoms with Crippen LogP contribution in [0.2, 0.25) is 0 Å². The summed E-state index contributed by atoms with van der Waals surface area (Å²) in [7, 11) is 3.18. The Balaban J connectivity index is 2.73. The van der Waals surface area contributed by atoms with E-state index in [-0.39, 0.29) is 18.4 Å². The smallest absolute Gasteiger partial charge is 0.242 e. The first-order valence-corrected chi connectivity index (χ1v) is 8.20. The molecule has 0 saturated carbocycles. The maximum Gasteiger partial charge on any atom is 0.242 e. The first kappa shape index (κ1) is 19.8. The fourth-order valence-corrected chi connectivity index (χ4v) is 2.49. The molecule has 0 aliphatic carbocycles. The van der Waals surface area contributed by atoms with Gasteiger partial charge in [0.2, 0.25) is 11.8 Å².